The number of amides is 1. The van der Waals surface area contributed by atoms with Gasteiger partial charge in [-0.15, -0.1) is 0 Å². The van der Waals surface area contributed by atoms with Crippen molar-refractivity contribution in [1.29, 1.82) is 0 Å². The normalized spacial score (nSPS) is 16.6. The molecule has 4 nitrogen and oxygen atoms in total. The Kier molecular flexibility index (Phi) is 7.11. The van der Waals surface area contributed by atoms with E-state index < -0.39 is 6.04 Å². The lowest BCUT2D eigenvalue weighted by molar-refractivity contribution is -0.146. The predicted octanol–water partition coefficient (Wildman–Crippen LogP) is 3.25. The lowest BCUT2D eigenvalue weighted by atomic mass is 9.88. The number of esters is 1. The minimum Gasteiger partial charge on any atom is -0.467 e. The zero-order chi connectivity index (χ0) is 16.5. The molecule has 4 heteroatoms. The number of rotatable bonds is 7. The summed E-state index contributed by atoms with van der Waals surface area (Å²) in [6.07, 6.45) is 7.64. The van der Waals surface area contributed by atoms with Crippen molar-refractivity contribution in [3.63, 3.8) is 0 Å². The van der Waals surface area contributed by atoms with Gasteiger partial charge in [0.2, 0.25) is 5.91 Å². The van der Waals surface area contributed by atoms with E-state index in [1.165, 1.54) is 19.1 Å². The minimum atomic E-state index is -0.530. The Morgan fingerprint density at radius 1 is 1.17 bits per heavy atom. The molecule has 1 N–H and O–H groups in total. The van der Waals surface area contributed by atoms with Gasteiger partial charge in [0.15, 0.2) is 0 Å². The maximum atomic E-state index is 12.3. The van der Waals surface area contributed by atoms with Gasteiger partial charge in [-0.25, -0.2) is 4.79 Å². The monoisotopic (exact) mass is 317 g/mol. The maximum absolute atomic E-state index is 12.3. The van der Waals surface area contributed by atoms with Crippen molar-refractivity contribution >= 4 is 11.9 Å². The van der Waals surface area contributed by atoms with Crippen molar-refractivity contribution in [2.24, 2.45) is 5.92 Å². The smallest absolute Gasteiger partial charge is 0.328 e. The van der Waals surface area contributed by atoms with E-state index >= 15 is 0 Å². The van der Waals surface area contributed by atoms with E-state index in [-0.39, 0.29) is 17.8 Å². The molecule has 0 spiro atoms. The molecule has 23 heavy (non-hydrogen) atoms. The molecule has 1 aromatic carbocycles. The van der Waals surface area contributed by atoms with Crippen LogP contribution in [-0.4, -0.2) is 25.0 Å². The fourth-order valence-electron chi connectivity index (χ4n) is 3.20. The Labute approximate surface area is 138 Å². The largest absolute Gasteiger partial charge is 0.467 e. The molecular formula is C19H27NO3. The van der Waals surface area contributed by atoms with Gasteiger partial charge >= 0.3 is 5.97 Å². The molecule has 126 valence electrons. The van der Waals surface area contributed by atoms with Gasteiger partial charge < -0.3 is 10.1 Å². The molecule has 1 atom stereocenters. The molecule has 1 fully saturated rings. The number of carbonyl (C=O) groups is 2. The first-order chi connectivity index (χ1) is 11.2. The summed E-state index contributed by atoms with van der Waals surface area (Å²) in [5, 5.41) is 2.91. The van der Waals surface area contributed by atoms with Crippen molar-refractivity contribution in [3.05, 3.63) is 35.9 Å². The Balaban J connectivity index is 1.83. The van der Waals surface area contributed by atoms with Gasteiger partial charge in [-0.05, 0) is 37.7 Å². The van der Waals surface area contributed by atoms with Crippen molar-refractivity contribution in [3.8, 4) is 0 Å². The van der Waals surface area contributed by atoms with Crippen LogP contribution in [0.1, 0.15) is 50.5 Å². The molecule has 0 aromatic heterocycles. The Morgan fingerprint density at radius 3 is 2.52 bits per heavy atom. The number of ether oxygens (including phenoxy) is 1. The topological polar surface area (TPSA) is 55.4 Å². The molecule has 1 aromatic rings. The third kappa shape index (κ3) is 5.70. The lowest BCUT2D eigenvalue weighted by Gasteiger charge is -2.24. The van der Waals surface area contributed by atoms with E-state index in [1.54, 1.807) is 0 Å². The minimum absolute atomic E-state index is 0.0137. The van der Waals surface area contributed by atoms with Crippen LogP contribution < -0.4 is 5.32 Å². The average molecular weight is 317 g/mol. The number of hydrogen-bond acceptors (Lipinski definition) is 3. The van der Waals surface area contributed by atoms with Gasteiger partial charge in [0.05, 0.1) is 7.11 Å². The third-order valence-corrected chi connectivity index (χ3v) is 4.58. The molecule has 1 aliphatic rings. The van der Waals surface area contributed by atoms with Gasteiger partial charge in [0.25, 0.3) is 0 Å². The SMILES string of the molecule is COC(=O)[C@@H](CCCc1ccccc1)NC(=O)C1CCCCC1. The number of methoxy groups -OCH3 is 1. The molecular weight excluding hydrogens is 290 g/mol. The van der Waals surface area contributed by atoms with Crippen LogP contribution in [0.15, 0.2) is 30.3 Å². The Bertz CT molecular complexity index is 495. The van der Waals surface area contributed by atoms with Crippen LogP contribution in [0.5, 0.6) is 0 Å². The average Bonchev–Trinajstić information content (AvgIpc) is 2.61. The van der Waals surface area contributed by atoms with Crippen LogP contribution in [-0.2, 0) is 20.7 Å². The first-order valence-electron chi connectivity index (χ1n) is 8.63. The van der Waals surface area contributed by atoms with Gasteiger partial charge in [-0.3, -0.25) is 4.79 Å². The molecule has 1 saturated carbocycles. The fourth-order valence-corrected chi connectivity index (χ4v) is 3.20. The quantitative estimate of drug-likeness (QED) is 0.785. The summed E-state index contributed by atoms with van der Waals surface area (Å²) < 4.78 is 4.85. The number of nitrogens with one attached hydrogen (secondary N) is 1. The molecule has 0 heterocycles. The summed E-state index contributed by atoms with van der Waals surface area (Å²) in [4.78, 5) is 24.3. The second-order valence-electron chi connectivity index (χ2n) is 6.30. The van der Waals surface area contributed by atoms with Gasteiger partial charge in [0.1, 0.15) is 6.04 Å². The van der Waals surface area contributed by atoms with Crippen LogP contribution in [0, 0.1) is 5.92 Å². The number of hydrogen-bond donors (Lipinski definition) is 1. The van der Waals surface area contributed by atoms with E-state index in [4.69, 9.17) is 4.74 Å². The zero-order valence-electron chi connectivity index (χ0n) is 13.9. The summed E-state index contributed by atoms with van der Waals surface area (Å²) >= 11 is 0. The van der Waals surface area contributed by atoms with Crippen LogP contribution >= 0.6 is 0 Å². The molecule has 0 aliphatic heterocycles. The fraction of sp³-hybridized carbons (Fsp3) is 0.579. The molecule has 2 rings (SSSR count). The van der Waals surface area contributed by atoms with Gasteiger partial charge in [-0.1, -0.05) is 49.6 Å². The first-order valence-corrected chi connectivity index (χ1v) is 8.63. The number of benzene rings is 1. The van der Waals surface area contributed by atoms with Crippen molar-refractivity contribution in [2.75, 3.05) is 7.11 Å². The van der Waals surface area contributed by atoms with Gasteiger partial charge in [-0.2, -0.15) is 0 Å². The highest BCUT2D eigenvalue weighted by Gasteiger charge is 2.26. The number of aryl methyl sites for hydroxylation is 1. The van der Waals surface area contributed by atoms with Crippen LogP contribution in [0.2, 0.25) is 0 Å². The van der Waals surface area contributed by atoms with Crippen molar-refractivity contribution in [2.45, 2.75) is 57.4 Å². The Morgan fingerprint density at radius 2 is 1.87 bits per heavy atom. The van der Waals surface area contributed by atoms with Crippen molar-refractivity contribution in [1.82, 2.24) is 5.32 Å². The van der Waals surface area contributed by atoms with E-state index in [1.807, 2.05) is 18.2 Å². The molecule has 1 amide bonds. The molecule has 1 aliphatic carbocycles. The Hall–Kier alpha value is -1.84. The van der Waals surface area contributed by atoms with E-state index in [9.17, 15) is 9.59 Å². The van der Waals surface area contributed by atoms with Gasteiger partial charge in [0, 0.05) is 5.92 Å². The van der Waals surface area contributed by atoms with E-state index in [2.05, 4.69) is 17.4 Å². The highest BCUT2D eigenvalue weighted by Crippen LogP contribution is 2.24. The second-order valence-corrected chi connectivity index (χ2v) is 6.30. The first kappa shape index (κ1) is 17.5. The lowest BCUT2D eigenvalue weighted by Crippen LogP contribution is -2.44. The summed E-state index contributed by atoms with van der Waals surface area (Å²) in [6.45, 7) is 0. The van der Waals surface area contributed by atoms with Crippen LogP contribution in [0.4, 0.5) is 0 Å². The molecule has 0 radical (unpaired) electrons. The second kappa shape index (κ2) is 9.33. The summed E-state index contributed by atoms with van der Waals surface area (Å²) in [5.74, 6) is -0.271. The van der Waals surface area contributed by atoms with Crippen LogP contribution in [0.25, 0.3) is 0 Å². The van der Waals surface area contributed by atoms with E-state index in [0.717, 1.165) is 38.5 Å². The van der Waals surface area contributed by atoms with E-state index in [0.29, 0.717) is 6.42 Å². The van der Waals surface area contributed by atoms with Crippen LogP contribution in [0.3, 0.4) is 0 Å². The number of carbonyl (C=O) groups excluding carboxylic acids is 2. The zero-order valence-corrected chi connectivity index (χ0v) is 13.9. The highest BCUT2D eigenvalue weighted by molar-refractivity contribution is 5.85. The summed E-state index contributed by atoms with van der Waals surface area (Å²) in [5.41, 5.74) is 1.25. The summed E-state index contributed by atoms with van der Waals surface area (Å²) in [7, 11) is 1.37. The maximum Gasteiger partial charge on any atom is 0.328 e. The third-order valence-electron chi connectivity index (χ3n) is 4.58. The van der Waals surface area contributed by atoms with Crippen molar-refractivity contribution < 1.29 is 14.3 Å². The molecule has 0 unspecified atom stereocenters. The molecule has 0 saturated heterocycles. The summed E-state index contributed by atoms with van der Waals surface area (Å²) in [6, 6.07) is 9.64. The standard InChI is InChI=1S/C19H27NO3/c1-23-19(22)17(14-8-11-15-9-4-2-5-10-15)20-18(21)16-12-6-3-7-13-16/h2,4-5,9-10,16-17H,3,6-8,11-14H2,1H3,(H,20,21)/t17-/m1/s1. The molecule has 0 bridgehead atoms. The predicted molar refractivity (Wildman–Crippen MR) is 89.9 cm³/mol. The highest BCUT2D eigenvalue weighted by atomic mass is 16.5.